The van der Waals surface area contributed by atoms with Gasteiger partial charge in [0.15, 0.2) is 0 Å². The zero-order valence-corrected chi connectivity index (χ0v) is 12.8. The van der Waals surface area contributed by atoms with Gasteiger partial charge in [-0.25, -0.2) is 0 Å². The highest BCUT2D eigenvalue weighted by Gasteiger charge is 2.33. The second-order valence-corrected chi connectivity index (χ2v) is 5.96. The summed E-state index contributed by atoms with van der Waals surface area (Å²) in [4.78, 5) is 14.5. The van der Waals surface area contributed by atoms with Crippen molar-refractivity contribution in [3.63, 3.8) is 0 Å². The predicted octanol–water partition coefficient (Wildman–Crippen LogP) is 1.64. The van der Waals surface area contributed by atoms with E-state index in [2.05, 4.69) is 11.8 Å². The summed E-state index contributed by atoms with van der Waals surface area (Å²) in [7, 11) is 0. The van der Waals surface area contributed by atoms with Crippen molar-refractivity contribution in [2.24, 2.45) is 5.73 Å². The lowest BCUT2D eigenvalue weighted by molar-refractivity contribution is -0.118. The highest BCUT2D eigenvalue weighted by Crippen LogP contribution is 2.22. The van der Waals surface area contributed by atoms with Gasteiger partial charge in [0.1, 0.15) is 0 Å². The van der Waals surface area contributed by atoms with E-state index in [9.17, 15) is 4.79 Å². The molecule has 1 aromatic carbocycles. The van der Waals surface area contributed by atoms with Gasteiger partial charge in [0, 0.05) is 24.2 Å². The predicted molar refractivity (Wildman–Crippen MR) is 82.9 cm³/mol. The van der Waals surface area contributed by atoms with E-state index in [-0.39, 0.29) is 17.6 Å². The van der Waals surface area contributed by atoms with E-state index in [0.717, 1.165) is 5.56 Å². The van der Waals surface area contributed by atoms with Gasteiger partial charge in [-0.15, -0.1) is 0 Å². The quantitative estimate of drug-likeness (QED) is 0.798. The molecule has 2 N–H and O–H groups in total. The van der Waals surface area contributed by atoms with Crippen LogP contribution in [0.5, 0.6) is 0 Å². The van der Waals surface area contributed by atoms with Crippen LogP contribution in [0, 0.1) is 11.8 Å². The van der Waals surface area contributed by atoms with E-state index in [1.54, 1.807) is 0 Å². The summed E-state index contributed by atoms with van der Waals surface area (Å²) in [6.45, 7) is 7.52. The molecule has 0 spiro atoms. The molecule has 112 valence electrons. The Morgan fingerprint density at radius 2 is 2.29 bits per heavy atom. The summed E-state index contributed by atoms with van der Waals surface area (Å²) >= 11 is 0. The van der Waals surface area contributed by atoms with Crippen LogP contribution in [0.2, 0.25) is 0 Å². The van der Waals surface area contributed by atoms with Crippen molar-refractivity contribution in [3.05, 3.63) is 35.4 Å². The molecule has 0 radical (unpaired) electrons. The Labute approximate surface area is 126 Å². The molecule has 4 nitrogen and oxygen atoms in total. The average molecular weight is 286 g/mol. The molecule has 1 aliphatic rings. The second kappa shape index (κ2) is 6.30. The van der Waals surface area contributed by atoms with Crippen LogP contribution in [-0.4, -0.2) is 42.1 Å². The van der Waals surface area contributed by atoms with Gasteiger partial charge in [0.2, 0.25) is 0 Å². The molecular formula is C17H22N2O2. The number of morpholine rings is 1. The number of carbonyl (C=O) groups is 1. The maximum Gasteiger partial charge on any atom is 0.254 e. The molecule has 4 heteroatoms. The summed E-state index contributed by atoms with van der Waals surface area (Å²) < 4.78 is 5.84. The van der Waals surface area contributed by atoms with Crippen molar-refractivity contribution in [1.29, 1.82) is 0 Å². The minimum Gasteiger partial charge on any atom is -0.369 e. The second-order valence-electron chi connectivity index (χ2n) is 5.96. The largest absolute Gasteiger partial charge is 0.369 e. The molecule has 1 aromatic rings. The maximum atomic E-state index is 12.7. The van der Waals surface area contributed by atoms with Crippen LogP contribution < -0.4 is 5.73 Å². The number of hydrogen-bond acceptors (Lipinski definition) is 3. The van der Waals surface area contributed by atoms with Crippen LogP contribution in [0.25, 0.3) is 0 Å². The first-order valence-corrected chi connectivity index (χ1v) is 7.17. The number of amides is 1. The first-order chi connectivity index (χ1) is 9.91. The number of benzene rings is 1. The lowest BCUT2D eigenvalue weighted by atomic mass is 10.0. The molecule has 1 amide bonds. The highest BCUT2D eigenvalue weighted by atomic mass is 16.5. The third-order valence-corrected chi connectivity index (χ3v) is 3.30. The molecule has 0 aromatic heterocycles. The van der Waals surface area contributed by atoms with E-state index in [1.165, 1.54) is 0 Å². The Morgan fingerprint density at radius 1 is 1.52 bits per heavy atom. The van der Waals surface area contributed by atoms with Crippen LogP contribution in [0.4, 0.5) is 0 Å². The molecule has 1 atom stereocenters. The zero-order valence-electron chi connectivity index (χ0n) is 12.8. The molecule has 21 heavy (non-hydrogen) atoms. The van der Waals surface area contributed by atoms with Crippen LogP contribution in [0.1, 0.15) is 36.7 Å². The Morgan fingerprint density at radius 3 is 2.95 bits per heavy atom. The van der Waals surface area contributed by atoms with Crippen LogP contribution in [-0.2, 0) is 4.74 Å². The fraction of sp³-hybridized carbons (Fsp3) is 0.471. The van der Waals surface area contributed by atoms with Gasteiger partial charge in [0.05, 0.1) is 18.2 Å². The zero-order chi connectivity index (χ0) is 15.5. The average Bonchev–Trinajstić information content (AvgIpc) is 2.42. The minimum atomic E-state index is -0.315. The van der Waals surface area contributed by atoms with Gasteiger partial charge >= 0.3 is 0 Å². The van der Waals surface area contributed by atoms with Crippen molar-refractivity contribution in [2.45, 2.75) is 32.5 Å². The van der Waals surface area contributed by atoms with Crippen LogP contribution >= 0.6 is 0 Å². The number of nitrogens with two attached hydrogens (primary N) is 1. The first kappa shape index (κ1) is 15.6. The Kier molecular flexibility index (Phi) is 4.66. The molecule has 0 aliphatic carbocycles. The van der Waals surface area contributed by atoms with Gasteiger partial charge in [0.25, 0.3) is 5.91 Å². The van der Waals surface area contributed by atoms with Crippen LogP contribution in [0.3, 0.4) is 0 Å². The molecule has 0 saturated carbocycles. The van der Waals surface area contributed by atoms with Crippen LogP contribution in [0.15, 0.2) is 24.3 Å². The Hall–Kier alpha value is -1.83. The smallest absolute Gasteiger partial charge is 0.254 e. The lowest BCUT2D eigenvalue weighted by Gasteiger charge is -2.41. The molecule has 1 saturated heterocycles. The number of carbonyl (C=O) groups excluding carboxylic acids is 1. The summed E-state index contributed by atoms with van der Waals surface area (Å²) in [5.41, 5.74) is 6.53. The van der Waals surface area contributed by atoms with E-state index >= 15 is 0 Å². The molecule has 0 bridgehead atoms. The van der Waals surface area contributed by atoms with E-state index < -0.39 is 0 Å². The fourth-order valence-corrected chi connectivity index (χ4v) is 2.67. The molecule has 1 heterocycles. The van der Waals surface area contributed by atoms with Crippen molar-refractivity contribution < 1.29 is 9.53 Å². The van der Waals surface area contributed by atoms with E-state index in [1.807, 2.05) is 49.9 Å². The number of hydrogen-bond donors (Lipinski definition) is 1. The van der Waals surface area contributed by atoms with Gasteiger partial charge in [-0.2, -0.15) is 0 Å². The summed E-state index contributed by atoms with van der Waals surface area (Å²) in [6, 6.07) is 7.37. The monoisotopic (exact) mass is 286 g/mol. The van der Waals surface area contributed by atoms with Gasteiger partial charge < -0.3 is 15.4 Å². The summed E-state index contributed by atoms with van der Waals surface area (Å²) in [5, 5.41) is 0. The molecule has 1 unspecified atom stereocenters. The van der Waals surface area contributed by atoms with Crippen molar-refractivity contribution in [2.75, 3.05) is 19.6 Å². The number of rotatable bonds is 1. The van der Waals surface area contributed by atoms with Crippen molar-refractivity contribution in [3.8, 4) is 11.8 Å². The van der Waals surface area contributed by atoms with Crippen molar-refractivity contribution >= 4 is 5.91 Å². The highest BCUT2D eigenvalue weighted by molar-refractivity contribution is 5.94. The van der Waals surface area contributed by atoms with Gasteiger partial charge in [-0.3, -0.25) is 4.79 Å². The maximum absolute atomic E-state index is 12.7. The molecule has 1 fully saturated rings. The Bertz CT molecular complexity index is 584. The SMILES string of the molecule is CC1CN(C(=O)c2cccc(C#CCN)c2)CC(C)(C)O1. The first-order valence-electron chi connectivity index (χ1n) is 7.17. The lowest BCUT2D eigenvalue weighted by Crippen LogP contribution is -2.53. The topological polar surface area (TPSA) is 55.6 Å². The molecular weight excluding hydrogens is 264 g/mol. The van der Waals surface area contributed by atoms with Crippen molar-refractivity contribution in [1.82, 2.24) is 4.90 Å². The Balaban J connectivity index is 2.19. The molecule has 2 rings (SSSR count). The minimum absolute atomic E-state index is 0.0228. The summed E-state index contributed by atoms with van der Waals surface area (Å²) in [6.07, 6.45) is 0.0397. The third kappa shape index (κ3) is 4.07. The summed E-state index contributed by atoms with van der Waals surface area (Å²) in [5.74, 6) is 5.78. The van der Waals surface area contributed by atoms with E-state index in [0.29, 0.717) is 25.2 Å². The van der Waals surface area contributed by atoms with Gasteiger partial charge in [-0.05, 0) is 39.0 Å². The van der Waals surface area contributed by atoms with E-state index in [4.69, 9.17) is 10.5 Å². The third-order valence-electron chi connectivity index (χ3n) is 3.30. The van der Waals surface area contributed by atoms with Gasteiger partial charge in [-0.1, -0.05) is 17.9 Å². The fourth-order valence-electron chi connectivity index (χ4n) is 2.67. The molecule has 1 aliphatic heterocycles. The number of nitrogens with zero attached hydrogens (tertiary/aromatic N) is 1. The standard InChI is InChI=1S/C17H22N2O2/c1-13-11-19(12-17(2,3)21-13)16(20)15-8-4-6-14(10-15)7-5-9-18/h4,6,8,10,13H,9,11-12,18H2,1-3H3. The number of ether oxygens (including phenoxy) is 1. The normalized spacial score (nSPS) is 20.6.